The van der Waals surface area contributed by atoms with E-state index in [1.165, 1.54) is 17.4 Å². The Balaban J connectivity index is 1.58. The summed E-state index contributed by atoms with van der Waals surface area (Å²) in [7, 11) is 0. The number of amides is 1. The number of benzene rings is 1. The zero-order valence-corrected chi connectivity index (χ0v) is 13.0. The predicted molar refractivity (Wildman–Crippen MR) is 91.1 cm³/mol. The molecule has 0 spiro atoms. The minimum atomic E-state index is -0.240. The number of pyridine rings is 1. The topological polar surface area (TPSA) is 67.8 Å². The first-order chi connectivity index (χ1) is 11.3. The lowest BCUT2D eigenvalue weighted by atomic mass is 10.2. The van der Waals surface area contributed by atoms with Crippen molar-refractivity contribution in [3.63, 3.8) is 0 Å². The van der Waals surface area contributed by atoms with Crippen molar-refractivity contribution in [2.45, 2.75) is 6.42 Å². The summed E-state index contributed by atoms with van der Waals surface area (Å²) in [5, 5.41) is 12.2. The maximum Gasteiger partial charge on any atom is 0.250 e. The normalized spacial score (nSPS) is 10.8. The smallest absolute Gasteiger partial charge is 0.250 e. The van der Waals surface area contributed by atoms with Crippen molar-refractivity contribution in [1.29, 1.82) is 0 Å². The fourth-order valence-corrected chi connectivity index (χ4v) is 2.72. The lowest BCUT2D eigenvalue weighted by molar-refractivity contribution is -0.111. The van der Waals surface area contributed by atoms with E-state index in [1.54, 1.807) is 18.5 Å². The van der Waals surface area contributed by atoms with Crippen LogP contribution in [0.3, 0.4) is 0 Å². The number of rotatable bonds is 5. The van der Waals surface area contributed by atoms with Gasteiger partial charge in [0.2, 0.25) is 11.0 Å². The molecule has 3 aromatic rings. The molecule has 6 heteroatoms. The average molecular weight is 322 g/mol. The average Bonchev–Trinajstić information content (AvgIpc) is 3.02. The first-order valence-corrected chi connectivity index (χ1v) is 7.86. The molecule has 114 valence electrons. The first-order valence-electron chi connectivity index (χ1n) is 7.05. The monoisotopic (exact) mass is 322 g/mol. The highest BCUT2D eigenvalue weighted by Crippen LogP contribution is 2.18. The van der Waals surface area contributed by atoms with Gasteiger partial charge < -0.3 is 0 Å². The molecule has 2 heterocycles. The molecule has 0 radical (unpaired) electrons. The number of nitrogens with zero attached hydrogens (tertiary/aromatic N) is 3. The van der Waals surface area contributed by atoms with Gasteiger partial charge in [0.05, 0.1) is 0 Å². The number of anilines is 1. The highest BCUT2D eigenvalue weighted by Gasteiger charge is 2.07. The lowest BCUT2D eigenvalue weighted by Gasteiger charge is -1.96. The van der Waals surface area contributed by atoms with Crippen molar-refractivity contribution >= 4 is 28.5 Å². The van der Waals surface area contributed by atoms with E-state index in [9.17, 15) is 4.79 Å². The third kappa shape index (κ3) is 4.55. The summed E-state index contributed by atoms with van der Waals surface area (Å²) >= 11 is 1.38. The van der Waals surface area contributed by atoms with Crippen LogP contribution in [0.25, 0.3) is 6.08 Å². The van der Waals surface area contributed by atoms with Crippen LogP contribution in [-0.4, -0.2) is 21.1 Å². The second-order valence-electron chi connectivity index (χ2n) is 4.77. The molecule has 5 nitrogen and oxygen atoms in total. The van der Waals surface area contributed by atoms with E-state index in [0.29, 0.717) is 11.6 Å². The Morgan fingerprint density at radius 1 is 1.13 bits per heavy atom. The zero-order chi connectivity index (χ0) is 15.9. The summed E-state index contributed by atoms with van der Waals surface area (Å²) in [6.45, 7) is 0. The van der Waals surface area contributed by atoms with Crippen LogP contribution >= 0.6 is 11.3 Å². The molecule has 0 aliphatic heterocycles. The largest absolute Gasteiger partial charge is 0.297 e. The van der Waals surface area contributed by atoms with Crippen LogP contribution in [0.5, 0.6) is 0 Å². The van der Waals surface area contributed by atoms with Gasteiger partial charge in [-0.2, -0.15) is 0 Å². The Bertz CT molecular complexity index is 800. The van der Waals surface area contributed by atoms with Gasteiger partial charge in [-0.1, -0.05) is 47.7 Å². The summed E-state index contributed by atoms with van der Waals surface area (Å²) in [4.78, 5) is 15.9. The van der Waals surface area contributed by atoms with E-state index in [2.05, 4.69) is 20.5 Å². The first kappa shape index (κ1) is 15.1. The molecule has 0 atom stereocenters. The van der Waals surface area contributed by atoms with Crippen molar-refractivity contribution in [3.05, 3.63) is 77.1 Å². The number of hydrogen-bond acceptors (Lipinski definition) is 5. The number of carbonyl (C=O) groups is 1. The molecule has 23 heavy (non-hydrogen) atoms. The summed E-state index contributed by atoms with van der Waals surface area (Å²) in [5.74, 6) is -0.240. The maximum atomic E-state index is 11.9. The van der Waals surface area contributed by atoms with E-state index in [-0.39, 0.29) is 5.91 Å². The van der Waals surface area contributed by atoms with Crippen molar-refractivity contribution in [3.8, 4) is 0 Å². The summed E-state index contributed by atoms with van der Waals surface area (Å²) < 4.78 is 0. The van der Waals surface area contributed by atoms with Crippen LogP contribution in [0.1, 0.15) is 16.1 Å². The van der Waals surface area contributed by atoms with Gasteiger partial charge in [0.15, 0.2) is 0 Å². The quantitative estimate of drug-likeness (QED) is 0.733. The third-order valence-corrected chi connectivity index (χ3v) is 3.85. The predicted octanol–water partition coefficient (Wildman–Crippen LogP) is 3.18. The Kier molecular flexibility index (Phi) is 4.85. The molecule has 0 unspecified atom stereocenters. The SMILES string of the molecule is O=C(/C=C/c1cccnc1)Nc1nnc(Cc2ccccc2)s1. The summed E-state index contributed by atoms with van der Waals surface area (Å²) in [5.41, 5.74) is 2.03. The minimum Gasteiger partial charge on any atom is -0.297 e. The van der Waals surface area contributed by atoms with E-state index >= 15 is 0 Å². The van der Waals surface area contributed by atoms with Gasteiger partial charge in [-0.25, -0.2) is 0 Å². The van der Waals surface area contributed by atoms with E-state index in [1.807, 2.05) is 42.5 Å². The Morgan fingerprint density at radius 2 is 2.00 bits per heavy atom. The van der Waals surface area contributed by atoms with E-state index < -0.39 is 0 Å². The van der Waals surface area contributed by atoms with Crippen LogP contribution < -0.4 is 5.32 Å². The molecule has 0 saturated carbocycles. The molecular weight excluding hydrogens is 308 g/mol. The van der Waals surface area contributed by atoms with E-state index in [4.69, 9.17) is 0 Å². The molecule has 0 aliphatic rings. The van der Waals surface area contributed by atoms with Crippen LogP contribution in [0, 0.1) is 0 Å². The number of nitrogens with one attached hydrogen (secondary N) is 1. The van der Waals surface area contributed by atoms with Crippen molar-refractivity contribution in [1.82, 2.24) is 15.2 Å². The molecule has 0 bridgehead atoms. The standard InChI is InChI=1S/C17H14N4OS/c22-15(9-8-14-7-4-10-18-12-14)19-17-21-20-16(23-17)11-13-5-2-1-3-6-13/h1-10,12H,11H2,(H,19,21,22)/b9-8+. The van der Waals surface area contributed by atoms with Gasteiger partial charge in [-0.15, -0.1) is 10.2 Å². The second-order valence-corrected chi connectivity index (χ2v) is 5.83. The zero-order valence-electron chi connectivity index (χ0n) is 12.2. The van der Waals surface area contributed by atoms with Gasteiger partial charge in [-0.3, -0.25) is 15.1 Å². The van der Waals surface area contributed by atoms with Gasteiger partial charge in [0, 0.05) is 24.9 Å². The minimum absolute atomic E-state index is 0.240. The highest BCUT2D eigenvalue weighted by atomic mass is 32.1. The van der Waals surface area contributed by atoms with Crippen molar-refractivity contribution < 1.29 is 4.79 Å². The van der Waals surface area contributed by atoms with Crippen LogP contribution in [0.4, 0.5) is 5.13 Å². The number of hydrogen-bond donors (Lipinski definition) is 1. The molecule has 1 amide bonds. The molecule has 2 aromatic heterocycles. The third-order valence-electron chi connectivity index (χ3n) is 3.01. The molecule has 1 N–H and O–H groups in total. The fraction of sp³-hybridized carbons (Fsp3) is 0.0588. The maximum absolute atomic E-state index is 11.9. The fourth-order valence-electron chi connectivity index (χ4n) is 1.94. The van der Waals surface area contributed by atoms with Gasteiger partial charge >= 0.3 is 0 Å². The van der Waals surface area contributed by atoms with E-state index in [0.717, 1.165) is 16.1 Å². The molecular formula is C17H14N4OS. The van der Waals surface area contributed by atoms with Gasteiger partial charge in [0.1, 0.15) is 5.01 Å². The molecule has 0 aliphatic carbocycles. The number of aromatic nitrogens is 3. The van der Waals surface area contributed by atoms with Gasteiger partial charge in [-0.05, 0) is 23.3 Å². The Hall–Kier alpha value is -2.86. The van der Waals surface area contributed by atoms with Crippen molar-refractivity contribution in [2.75, 3.05) is 5.32 Å². The van der Waals surface area contributed by atoms with Crippen molar-refractivity contribution in [2.24, 2.45) is 0 Å². The molecule has 3 rings (SSSR count). The van der Waals surface area contributed by atoms with Crippen LogP contribution in [-0.2, 0) is 11.2 Å². The number of carbonyl (C=O) groups excluding carboxylic acids is 1. The second kappa shape index (κ2) is 7.42. The highest BCUT2D eigenvalue weighted by molar-refractivity contribution is 7.15. The summed E-state index contributed by atoms with van der Waals surface area (Å²) in [6.07, 6.45) is 7.24. The Labute approximate surface area is 137 Å². The molecule has 1 aromatic carbocycles. The van der Waals surface area contributed by atoms with Crippen LogP contribution in [0.2, 0.25) is 0 Å². The Morgan fingerprint density at radius 3 is 2.78 bits per heavy atom. The summed E-state index contributed by atoms with van der Waals surface area (Å²) in [6, 6.07) is 13.7. The lowest BCUT2D eigenvalue weighted by Crippen LogP contribution is -2.07. The van der Waals surface area contributed by atoms with Gasteiger partial charge in [0.25, 0.3) is 0 Å². The molecule has 0 fully saturated rings. The van der Waals surface area contributed by atoms with Crippen LogP contribution in [0.15, 0.2) is 60.9 Å². The molecule has 0 saturated heterocycles.